The molecule has 0 aliphatic heterocycles. The third-order valence-corrected chi connectivity index (χ3v) is 5.65. The summed E-state index contributed by atoms with van der Waals surface area (Å²) in [6.45, 7) is -0.0184. The Morgan fingerprint density at radius 3 is 2.43 bits per heavy atom. The lowest BCUT2D eigenvalue weighted by Gasteiger charge is -2.12. The van der Waals surface area contributed by atoms with Crippen molar-refractivity contribution in [1.29, 1.82) is 0 Å². The molecule has 0 atom stereocenters. The van der Waals surface area contributed by atoms with Crippen LogP contribution in [-0.2, 0) is 24.1 Å². The Labute approximate surface area is 206 Å². The summed E-state index contributed by atoms with van der Waals surface area (Å²) < 4.78 is 43.9. The Kier molecular flexibility index (Phi) is 6.99. The number of anilines is 1. The molecule has 0 aliphatic carbocycles. The monoisotopic (exact) mass is 524 g/mol. The summed E-state index contributed by atoms with van der Waals surface area (Å²) in [5, 5.41) is 5.26. The van der Waals surface area contributed by atoms with Crippen LogP contribution in [0.2, 0.25) is 10.0 Å². The summed E-state index contributed by atoms with van der Waals surface area (Å²) in [7, 11) is 0. The molecule has 0 bridgehead atoms. The van der Waals surface area contributed by atoms with Gasteiger partial charge >= 0.3 is 6.18 Å². The van der Waals surface area contributed by atoms with Crippen molar-refractivity contribution >= 4 is 51.7 Å². The third kappa shape index (κ3) is 5.41. The van der Waals surface area contributed by atoms with Crippen LogP contribution in [0.4, 0.5) is 18.9 Å². The smallest absolute Gasteiger partial charge is 0.353 e. The number of alkyl halides is 3. The molecule has 0 aliphatic rings. The molecule has 0 unspecified atom stereocenters. The molecule has 2 aromatic carbocycles. The first-order valence-corrected chi connectivity index (χ1v) is 10.9. The van der Waals surface area contributed by atoms with Gasteiger partial charge < -0.3 is 19.8 Å². The zero-order chi connectivity index (χ0) is 25.2. The van der Waals surface area contributed by atoms with Crippen LogP contribution in [0.15, 0.2) is 55.1 Å². The molecule has 8 nitrogen and oxygen atoms in total. The molecule has 0 saturated carbocycles. The number of carbonyl (C=O) groups excluding carboxylic acids is 2. The second-order valence-electron chi connectivity index (χ2n) is 7.39. The summed E-state index contributed by atoms with van der Waals surface area (Å²) in [6, 6.07) is 8.71. The van der Waals surface area contributed by atoms with Gasteiger partial charge in [0.1, 0.15) is 12.1 Å². The number of halogens is 5. The van der Waals surface area contributed by atoms with Crippen LogP contribution in [0, 0.1) is 0 Å². The average Bonchev–Trinajstić information content (AvgIpc) is 3.42. The average molecular weight is 525 g/mol. The highest BCUT2D eigenvalue weighted by Gasteiger charge is 2.38. The summed E-state index contributed by atoms with van der Waals surface area (Å²) in [5.41, 5.74) is -0.137. The first-order valence-electron chi connectivity index (χ1n) is 10.2. The van der Waals surface area contributed by atoms with E-state index in [-0.39, 0.29) is 38.9 Å². The second kappa shape index (κ2) is 9.96. The highest BCUT2D eigenvalue weighted by Crippen LogP contribution is 2.34. The van der Waals surface area contributed by atoms with Gasteiger partial charge in [-0.15, -0.1) is 0 Å². The van der Waals surface area contributed by atoms with Gasteiger partial charge in [-0.2, -0.15) is 13.2 Å². The fraction of sp³-hybridized carbons (Fsp3) is 0.182. The molecule has 0 saturated heterocycles. The van der Waals surface area contributed by atoms with Gasteiger partial charge in [0.25, 0.3) is 5.91 Å². The molecule has 4 rings (SSSR count). The minimum absolute atomic E-state index is 0.00764. The fourth-order valence-corrected chi connectivity index (χ4v) is 4.04. The number of rotatable bonds is 7. The molecule has 2 heterocycles. The van der Waals surface area contributed by atoms with E-state index >= 15 is 0 Å². The molecule has 2 N–H and O–H groups in total. The minimum atomic E-state index is -4.84. The molecule has 0 radical (unpaired) electrons. The molecule has 182 valence electrons. The van der Waals surface area contributed by atoms with Crippen LogP contribution in [0.3, 0.4) is 0 Å². The van der Waals surface area contributed by atoms with Crippen LogP contribution in [-0.4, -0.2) is 37.5 Å². The van der Waals surface area contributed by atoms with E-state index < -0.39 is 30.4 Å². The van der Waals surface area contributed by atoms with Crippen molar-refractivity contribution in [3.8, 4) is 0 Å². The van der Waals surface area contributed by atoms with Crippen LogP contribution in [0.25, 0.3) is 11.0 Å². The van der Waals surface area contributed by atoms with Crippen molar-refractivity contribution in [1.82, 2.24) is 24.4 Å². The van der Waals surface area contributed by atoms with Crippen molar-refractivity contribution in [3.05, 3.63) is 76.6 Å². The van der Waals surface area contributed by atoms with E-state index in [9.17, 15) is 22.8 Å². The van der Waals surface area contributed by atoms with E-state index in [0.717, 1.165) is 4.57 Å². The number of amides is 2. The zero-order valence-electron chi connectivity index (χ0n) is 17.8. The number of hydrogen-bond donors (Lipinski definition) is 2. The molecule has 13 heteroatoms. The van der Waals surface area contributed by atoms with Crippen LogP contribution in [0.1, 0.15) is 16.2 Å². The predicted octanol–water partition coefficient (Wildman–Crippen LogP) is 4.63. The van der Waals surface area contributed by atoms with Crippen LogP contribution >= 0.6 is 23.2 Å². The molecule has 0 fully saturated rings. The number of nitrogens with one attached hydrogen (secondary N) is 2. The highest BCUT2D eigenvalue weighted by molar-refractivity contribution is 6.40. The predicted molar refractivity (Wildman–Crippen MR) is 124 cm³/mol. The van der Waals surface area contributed by atoms with Gasteiger partial charge in [0.15, 0.2) is 0 Å². The van der Waals surface area contributed by atoms with Crippen molar-refractivity contribution < 1.29 is 22.8 Å². The van der Waals surface area contributed by atoms with E-state index in [1.54, 1.807) is 29.4 Å². The number of nitrogens with zero attached hydrogens (tertiary/aromatic N) is 4. The van der Waals surface area contributed by atoms with Crippen molar-refractivity contribution in [2.24, 2.45) is 0 Å². The molecule has 4 aromatic rings. The van der Waals surface area contributed by atoms with Crippen LogP contribution < -0.4 is 10.6 Å². The Bertz CT molecular complexity index is 1370. The molecule has 2 aromatic heterocycles. The first-order chi connectivity index (χ1) is 16.6. The summed E-state index contributed by atoms with van der Waals surface area (Å²) in [4.78, 5) is 32.8. The fourth-order valence-electron chi connectivity index (χ4n) is 3.47. The van der Waals surface area contributed by atoms with Gasteiger partial charge in [0, 0.05) is 25.5 Å². The van der Waals surface area contributed by atoms with Crippen molar-refractivity contribution in [3.63, 3.8) is 0 Å². The minimum Gasteiger partial charge on any atom is -0.353 e. The number of para-hydroxylation sites is 1. The molecular formula is C22H17Cl2F3N6O2. The summed E-state index contributed by atoms with van der Waals surface area (Å²) >= 11 is 12.1. The maximum atomic E-state index is 13.8. The summed E-state index contributed by atoms with van der Waals surface area (Å²) in [5.74, 6) is -2.62. The van der Waals surface area contributed by atoms with E-state index in [4.69, 9.17) is 23.2 Å². The molecule has 0 spiro atoms. The molecule has 35 heavy (non-hydrogen) atoms. The number of imidazole rings is 2. The second-order valence-corrected chi connectivity index (χ2v) is 8.21. The van der Waals surface area contributed by atoms with Crippen LogP contribution in [0.5, 0.6) is 0 Å². The van der Waals surface area contributed by atoms with E-state index in [0.29, 0.717) is 6.54 Å². The first kappa shape index (κ1) is 24.6. The Morgan fingerprint density at radius 2 is 1.77 bits per heavy atom. The van der Waals surface area contributed by atoms with Crippen molar-refractivity contribution in [2.75, 3.05) is 11.9 Å². The Hall–Kier alpha value is -3.57. The SMILES string of the molecule is O=C(Cn1c(C(F)(F)F)nc2c(NC(=O)c3c(Cl)cccc3Cl)cccc21)NCCn1ccnc1. The Morgan fingerprint density at radius 1 is 1.06 bits per heavy atom. The zero-order valence-corrected chi connectivity index (χ0v) is 19.3. The normalized spacial score (nSPS) is 11.6. The summed E-state index contributed by atoms with van der Waals surface area (Å²) in [6.07, 6.45) is -0.0135. The van der Waals surface area contributed by atoms with Gasteiger partial charge in [-0.1, -0.05) is 35.3 Å². The number of aromatic nitrogens is 4. The number of carbonyl (C=O) groups is 2. The standard InChI is InChI=1S/C22H17Cl2F3N6O2/c23-13-3-1-4-14(24)18(13)20(35)30-15-5-2-6-16-19(15)31-21(22(25,26)27)33(16)11-17(34)29-8-10-32-9-7-28-12-32/h1-7,9,12H,8,10-11H2,(H,29,34)(H,30,35). The maximum Gasteiger partial charge on any atom is 0.449 e. The lowest BCUT2D eigenvalue weighted by Crippen LogP contribution is -2.31. The van der Waals surface area contributed by atoms with Gasteiger partial charge in [-0.3, -0.25) is 9.59 Å². The lowest BCUT2D eigenvalue weighted by atomic mass is 10.2. The van der Waals surface area contributed by atoms with E-state index in [1.165, 1.54) is 30.3 Å². The maximum absolute atomic E-state index is 13.8. The highest BCUT2D eigenvalue weighted by atomic mass is 35.5. The van der Waals surface area contributed by atoms with Crippen molar-refractivity contribution in [2.45, 2.75) is 19.3 Å². The van der Waals surface area contributed by atoms with Gasteiger partial charge in [0.2, 0.25) is 11.7 Å². The number of benzene rings is 2. The lowest BCUT2D eigenvalue weighted by molar-refractivity contribution is -0.147. The van der Waals surface area contributed by atoms with Gasteiger partial charge in [-0.05, 0) is 24.3 Å². The largest absolute Gasteiger partial charge is 0.449 e. The Balaban J connectivity index is 1.62. The molecule has 2 amide bonds. The number of hydrogen-bond acceptors (Lipinski definition) is 4. The topological polar surface area (TPSA) is 93.8 Å². The number of fused-ring (bicyclic) bond motifs is 1. The van der Waals surface area contributed by atoms with Gasteiger partial charge in [0.05, 0.1) is 33.1 Å². The molecular weight excluding hydrogens is 508 g/mol. The van der Waals surface area contributed by atoms with Gasteiger partial charge in [-0.25, -0.2) is 9.97 Å². The van der Waals surface area contributed by atoms with E-state index in [1.807, 2.05) is 0 Å². The third-order valence-electron chi connectivity index (χ3n) is 5.02. The quantitative estimate of drug-likeness (QED) is 0.368. The van der Waals surface area contributed by atoms with E-state index in [2.05, 4.69) is 20.6 Å².